The van der Waals surface area contributed by atoms with E-state index >= 15 is 0 Å². The van der Waals surface area contributed by atoms with Crippen molar-refractivity contribution in [3.8, 4) is 0 Å². The molecule has 0 aliphatic rings. The molecule has 0 unspecified atom stereocenters. The van der Waals surface area contributed by atoms with Gasteiger partial charge in [-0.3, -0.25) is 4.79 Å². The fraction of sp³-hybridized carbons (Fsp3) is 0.211. The Labute approximate surface area is 156 Å². The third-order valence-corrected chi connectivity index (χ3v) is 3.80. The van der Waals surface area contributed by atoms with Crippen LogP contribution in [-0.2, 0) is 13.1 Å². The zero-order valence-corrected chi connectivity index (χ0v) is 15.1. The number of carbonyl (C=O) groups is 2. The largest absolute Gasteiger partial charge is 0.459 e. The van der Waals surface area contributed by atoms with E-state index in [1.165, 1.54) is 11.2 Å². The van der Waals surface area contributed by atoms with Crippen LogP contribution in [0, 0.1) is 6.92 Å². The average molecular weight is 368 g/mol. The van der Waals surface area contributed by atoms with Gasteiger partial charge in [0.15, 0.2) is 5.76 Å². The van der Waals surface area contributed by atoms with Crippen molar-refractivity contribution >= 4 is 17.6 Å². The molecule has 0 aliphatic carbocycles. The molecule has 0 fully saturated rings. The Morgan fingerprint density at radius 2 is 2.04 bits per heavy atom. The lowest BCUT2D eigenvalue weighted by Crippen LogP contribution is -2.36. The summed E-state index contributed by atoms with van der Waals surface area (Å²) >= 11 is 0. The first-order valence-electron chi connectivity index (χ1n) is 8.36. The third kappa shape index (κ3) is 4.97. The van der Waals surface area contributed by atoms with Crippen LogP contribution in [0.3, 0.4) is 0 Å². The summed E-state index contributed by atoms with van der Waals surface area (Å²) in [7, 11) is 1.68. The highest BCUT2D eigenvalue weighted by Crippen LogP contribution is 2.13. The molecule has 27 heavy (non-hydrogen) atoms. The molecule has 0 saturated carbocycles. The third-order valence-electron chi connectivity index (χ3n) is 3.80. The number of aromatic nitrogens is 1. The molecular formula is C19H20N4O4. The molecule has 140 valence electrons. The van der Waals surface area contributed by atoms with Crippen LogP contribution in [0.1, 0.15) is 27.6 Å². The molecule has 3 aromatic rings. The van der Waals surface area contributed by atoms with Crippen molar-refractivity contribution in [1.82, 2.24) is 15.4 Å². The summed E-state index contributed by atoms with van der Waals surface area (Å²) < 4.78 is 10.1. The SMILES string of the molecule is Cc1cc(CN(C)C(=O)NCc2cccc(NC(=O)c3ccco3)c2)no1. The number of amides is 3. The summed E-state index contributed by atoms with van der Waals surface area (Å²) in [5.74, 6) is 0.606. The molecule has 0 saturated heterocycles. The molecule has 3 rings (SSSR count). The van der Waals surface area contributed by atoms with Gasteiger partial charge in [-0.15, -0.1) is 0 Å². The minimum absolute atomic E-state index is 0.235. The van der Waals surface area contributed by atoms with Gasteiger partial charge in [0.25, 0.3) is 5.91 Å². The standard InChI is InChI=1S/C19H20N4O4/c1-13-9-16(22-27-13)12-23(2)19(25)20-11-14-5-3-6-15(10-14)21-18(24)17-7-4-8-26-17/h3-10H,11-12H2,1-2H3,(H,20,25)(H,21,24). The molecule has 2 heterocycles. The molecule has 8 heteroatoms. The maximum absolute atomic E-state index is 12.2. The lowest BCUT2D eigenvalue weighted by Gasteiger charge is -2.16. The Morgan fingerprint density at radius 1 is 1.19 bits per heavy atom. The van der Waals surface area contributed by atoms with Gasteiger partial charge in [0, 0.05) is 25.3 Å². The summed E-state index contributed by atoms with van der Waals surface area (Å²) in [6.45, 7) is 2.47. The van der Waals surface area contributed by atoms with Crippen molar-refractivity contribution in [1.29, 1.82) is 0 Å². The number of anilines is 1. The second-order valence-corrected chi connectivity index (χ2v) is 6.08. The second-order valence-electron chi connectivity index (χ2n) is 6.08. The lowest BCUT2D eigenvalue weighted by atomic mass is 10.2. The number of benzene rings is 1. The van der Waals surface area contributed by atoms with Gasteiger partial charge in [0.1, 0.15) is 11.5 Å². The van der Waals surface area contributed by atoms with E-state index in [4.69, 9.17) is 8.94 Å². The maximum Gasteiger partial charge on any atom is 0.317 e. The van der Waals surface area contributed by atoms with E-state index in [9.17, 15) is 9.59 Å². The van der Waals surface area contributed by atoms with Crippen LogP contribution in [0.4, 0.5) is 10.5 Å². The number of aryl methyl sites for hydroxylation is 1. The van der Waals surface area contributed by atoms with Crippen molar-refractivity contribution in [2.24, 2.45) is 0 Å². The van der Waals surface area contributed by atoms with Gasteiger partial charge in [0.05, 0.1) is 12.8 Å². The van der Waals surface area contributed by atoms with Gasteiger partial charge in [-0.05, 0) is 36.8 Å². The first kappa shape index (κ1) is 18.2. The highest BCUT2D eigenvalue weighted by Gasteiger charge is 2.12. The van der Waals surface area contributed by atoms with E-state index in [1.807, 2.05) is 6.07 Å². The Kier molecular flexibility index (Phi) is 5.55. The molecule has 0 atom stereocenters. The quantitative estimate of drug-likeness (QED) is 0.696. The molecule has 2 aromatic heterocycles. The number of hydrogen-bond acceptors (Lipinski definition) is 5. The van der Waals surface area contributed by atoms with Gasteiger partial charge in [-0.2, -0.15) is 0 Å². The van der Waals surface area contributed by atoms with Gasteiger partial charge in [0.2, 0.25) is 0 Å². The molecule has 0 bridgehead atoms. The van der Waals surface area contributed by atoms with Crippen molar-refractivity contribution in [3.05, 3.63) is 71.5 Å². The van der Waals surface area contributed by atoms with Crippen LogP contribution in [0.2, 0.25) is 0 Å². The van der Waals surface area contributed by atoms with Crippen molar-refractivity contribution in [2.75, 3.05) is 12.4 Å². The van der Waals surface area contributed by atoms with E-state index in [0.717, 1.165) is 5.56 Å². The highest BCUT2D eigenvalue weighted by molar-refractivity contribution is 6.02. The van der Waals surface area contributed by atoms with Crippen molar-refractivity contribution < 1.29 is 18.5 Å². The molecular weight excluding hydrogens is 348 g/mol. The number of hydrogen-bond donors (Lipinski definition) is 2. The molecule has 0 aliphatic heterocycles. The molecule has 8 nitrogen and oxygen atoms in total. The monoisotopic (exact) mass is 368 g/mol. The van der Waals surface area contributed by atoms with Crippen LogP contribution in [0.15, 0.2) is 57.7 Å². The number of furan rings is 1. The van der Waals surface area contributed by atoms with Crippen molar-refractivity contribution in [2.45, 2.75) is 20.0 Å². The Balaban J connectivity index is 1.53. The summed E-state index contributed by atoms with van der Waals surface area (Å²) in [5, 5.41) is 9.46. The van der Waals surface area contributed by atoms with Crippen LogP contribution < -0.4 is 10.6 Å². The highest BCUT2D eigenvalue weighted by atomic mass is 16.5. The fourth-order valence-corrected chi connectivity index (χ4v) is 2.48. The molecule has 0 radical (unpaired) electrons. The Morgan fingerprint density at radius 3 is 2.74 bits per heavy atom. The van der Waals surface area contributed by atoms with Gasteiger partial charge >= 0.3 is 6.03 Å². The molecule has 1 aromatic carbocycles. The van der Waals surface area contributed by atoms with Gasteiger partial charge < -0.3 is 24.5 Å². The molecule has 3 amide bonds. The second kappa shape index (κ2) is 8.22. The van der Waals surface area contributed by atoms with Crippen LogP contribution in [-0.4, -0.2) is 29.0 Å². The fourth-order valence-electron chi connectivity index (χ4n) is 2.48. The number of carbonyl (C=O) groups excluding carboxylic acids is 2. The molecule has 2 N–H and O–H groups in total. The first-order valence-corrected chi connectivity index (χ1v) is 8.36. The molecule has 0 spiro atoms. The van der Waals surface area contributed by atoms with E-state index in [1.54, 1.807) is 50.4 Å². The normalized spacial score (nSPS) is 10.4. The average Bonchev–Trinajstić information content (AvgIpc) is 3.32. The van der Waals surface area contributed by atoms with E-state index in [2.05, 4.69) is 15.8 Å². The van der Waals surface area contributed by atoms with Gasteiger partial charge in [-0.1, -0.05) is 17.3 Å². The summed E-state index contributed by atoms with van der Waals surface area (Å²) in [6, 6.07) is 12.0. The number of urea groups is 1. The Hall–Kier alpha value is -3.55. The van der Waals surface area contributed by atoms with Crippen molar-refractivity contribution in [3.63, 3.8) is 0 Å². The van der Waals surface area contributed by atoms with E-state index in [-0.39, 0.29) is 17.7 Å². The zero-order chi connectivity index (χ0) is 19.2. The number of rotatable bonds is 6. The zero-order valence-electron chi connectivity index (χ0n) is 15.1. The summed E-state index contributed by atoms with van der Waals surface area (Å²) in [4.78, 5) is 25.8. The minimum Gasteiger partial charge on any atom is -0.459 e. The number of nitrogens with one attached hydrogen (secondary N) is 2. The summed E-state index contributed by atoms with van der Waals surface area (Å²) in [6.07, 6.45) is 1.44. The number of nitrogens with zero attached hydrogens (tertiary/aromatic N) is 2. The predicted molar refractivity (Wildman–Crippen MR) is 98.0 cm³/mol. The van der Waals surface area contributed by atoms with Crippen LogP contribution in [0.25, 0.3) is 0 Å². The van der Waals surface area contributed by atoms with E-state index < -0.39 is 0 Å². The van der Waals surface area contributed by atoms with Crippen LogP contribution >= 0.6 is 0 Å². The first-order chi connectivity index (χ1) is 13.0. The van der Waals surface area contributed by atoms with E-state index in [0.29, 0.717) is 30.2 Å². The smallest absolute Gasteiger partial charge is 0.317 e. The van der Waals surface area contributed by atoms with Gasteiger partial charge in [-0.25, -0.2) is 4.79 Å². The topological polar surface area (TPSA) is 101 Å². The predicted octanol–water partition coefficient (Wildman–Crippen LogP) is 3.17. The summed E-state index contributed by atoms with van der Waals surface area (Å²) in [5.41, 5.74) is 2.16. The van der Waals surface area contributed by atoms with Crippen LogP contribution in [0.5, 0.6) is 0 Å². The Bertz CT molecular complexity index is 917. The maximum atomic E-state index is 12.2. The minimum atomic E-state index is -0.330. The lowest BCUT2D eigenvalue weighted by molar-refractivity contribution is 0.0996.